The number of fused-ring (bicyclic) bond motifs is 2. The molecule has 0 aromatic carbocycles. The van der Waals surface area contributed by atoms with Gasteiger partial charge in [-0.05, 0) is 37.5 Å². The number of hydrogen-bond acceptors (Lipinski definition) is 4. The van der Waals surface area contributed by atoms with Crippen LogP contribution in [0, 0.1) is 5.82 Å². The largest absolute Gasteiger partial charge is 0.449 e. The van der Waals surface area contributed by atoms with Crippen LogP contribution >= 0.6 is 0 Å². The molecule has 2 aromatic heterocycles. The molecule has 0 saturated carbocycles. The first-order chi connectivity index (χ1) is 10.7. The summed E-state index contributed by atoms with van der Waals surface area (Å²) in [5.74, 6) is -0.0120. The summed E-state index contributed by atoms with van der Waals surface area (Å²) in [6.07, 6.45) is 4.63. The average Bonchev–Trinajstić information content (AvgIpc) is 3.23. The number of pyridine rings is 1. The number of hydrogen-bond donors (Lipinski definition) is 2. The van der Waals surface area contributed by atoms with Gasteiger partial charge in [0.05, 0.1) is 0 Å². The van der Waals surface area contributed by atoms with Crippen molar-refractivity contribution in [3.05, 3.63) is 42.0 Å². The number of nitrogens with zero attached hydrogens (tertiary/aromatic N) is 1. The van der Waals surface area contributed by atoms with Gasteiger partial charge in [-0.3, -0.25) is 9.78 Å². The van der Waals surface area contributed by atoms with Gasteiger partial charge in [-0.1, -0.05) is 0 Å². The van der Waals surface area contributed by atoms with Crippen molar-refractivity contribution in [2.45, 2.75) is 37.4 Å². The lowest BCUT2D eigenvalue weighted by Crippen LogP contribution is -2.42. The number of halogens is 1. The maximum Gasteiger partial charge on any atom is 0.287 e. The molecular formula is C16H16FN3O2. The van der Waals surface area contributed by atoms with E-state index in [4.69, 9.17) is 4.42 Å². The van der Waals surface area contributed by atoms with Gasteiger partial charge in [-0.2, -0.15) is 0 Å². The normalized spacial score (nSPS) is 26.3. The number of aromatic nitrogens is 1. The Balaban J connectivity index is 1.48. The van der Waals surface area contributed by atoms with E-state index in [0.717, 1.165) is 12.8 Å². The summed E-state index contributed by atoms with van der Waals surface area (Å²) in [7, 11) is 0. The zero-order chi connectivity index (χ0) is 15.1. The molecule has 5 nitrogen and oxygen atoms in total. The van der Waals surface area contributed by atoms with Crippen LogP contribution in [-0.4, -0.2) is 29.0 Å². The predicted molar refractivity (Wildman–Crippen MR) is 77.7 cm³/mol. The summed E-state index contributed by atoms with van der Waals surface area (Å²) in [5.41, 5.74) is 0.376. The van der Waals surface area contributed by atoms with E-state index in [1.165, 1.54) is 24.8 Å². The molecule has 0 radical (unpaired) electrons. The first kappa shape index (κ1) is 13.5. The van der Waals surface area contributed by atoms with Gasteiger partial charge in [0, 0.05) is 30.4 Å². The topological polar surface area (TPSA) is 67.2 Å². The van der Waals surface area contributed by atoms with E-state index < -0.39 is 0 Å². The van der Waals surface area contributed by atoms with Crippen molar-refractivity contribution in [1.82, 2.24) is 15.6 Å². The second-order valence-electron chi connectivity index (χ2n) is 5.89. The molecule has 2 fully saturated rings. The number of furan rings is 1. The van der Waals surface area contributed by atoms with Crippen molar-refractivity contribution in [3.8, 4) is 11.5 Å². The molecule has 2 aliphatic heterocycles. The summed E-state index contributed by atoms with van der Waals surface area (Å²) in [5, 5.41) is 6.49. The fourth-order valence-electron chi connectivity index (χ4n) is 3.36. The Morgan fingerprint density at radius 2 is 2.27 bits per heavy atom. The van der Waals surface area contributed by atoms with Crippen molar-refractivity contribution in [2.75, 3.05) is 0 Å². The second kappa shape index (κ2) is 5.21. The highest BCUT2D eigenvalue weighted by atomic mass is 19.1. The van der Waals surface area contributed by atoms with E-state index >= 15 is 0 Å². The lowest BCUT2D eigenvalue weighted by atomic mass is 9.95. The van der Waals surface area contributed by atoms with E-state index in [2.05, 4.69) is 15.6 Å². The third-order valence-electron chi connectivity index (χ3n) is 4.42. The molecule has 3 unspecified atom stereocenters. The van der Waals surface area contributed by atoms with Crippen molar-refractivity contribution in [2.24, 2.45) is 0 Å². The molecule has 0 spiro atoms. The minimum absolute atomic E-state index is 0.159. The maximum absolute atomic E-state index is 13.2. The standard InChI is InChI=1S/C16H16FN3O2/c17-9-5-6-18-13(7-9)14-3-4-15(22-14)16(21)20-12-8-10-1-2-11(12)19-10/h3-7,10-12,19H,1-2,8H2,(H,20,21). The van der Waals surface area contributed by atoms with Crippen LogP contribution < -0.4 is 10.6 Å². The molecule has 2 N–H and O–H groups in total. The third-order valence-corrected chi connectivity index (χ3v) is 4.42. The summed E-state index contributed by atoms with van der Waals surface area (Å²) in [6.45, 7) is 0. The van der Waals surface area contributed by atoms with Crippen molar-refractivity contribution in [3.63, 3.8) is 0 Å². The Kier molecular flexibility index (Phi) is 3.18. The number of carbonyl (C=O) groups is 1. The summed E-state index contributed by atoms with van der Waals surface area (Å²) >= 11 is 0. The number of nitrogens with one attached hydrogen (secondary N) is 2. The minimum Gasteiger partial charge on any atom is -0.449 e. The van der Waals surface area contributed by atoms with Crippen LogP contribution in [-0.2, 0) is 0 Å². The van der Waals surface area contributed by atoms with Crippen molar-refractivity contribution < 1.29 is 13.6 Å². The molecule has 0 aliphatic carbocycles. The quantitative estimate of drug-likeness (QED) is 0.911. The summed E-state index contributed by atoms with van der Waals surface area (Å²) < 4.78 is 18.7. The number of carbonyl (C=O) groups excluding carboxylic acids is 1. The molecule has 2 aliphatic rings. The Morgan fingerprint density at radius 3 is 3.00 bits per heavy atom. The number of amides is 1. The van der Waals surface area contributed by atoms with Gasteiger partial charge in [0.2, 0.25) is 0 Å². The van der Waals surface area contributed by atoms with Crippen LogP contribution in [0.5, 0.6) is 0 Å². The predicted octanol–water partition coefficient (Wildman–Crippen LogP) is 2.10. The van der Waals surface area contributed by atoms with Gasteiger partial charge in [0.25, 0.3) is 5.91 Å². The average molecular weight is 301 g/mol. The SMILES string of the molecule is O=C(NC1CC2CCC1N2)c1ccc(-c2cc(F)ccn2)o1. The maximum atomic E-state index is 13.2. The fourth-order valence-corrected chi connectivity index (χ4v) is 3.36. The minimum atomic E-state index is -0.388. The molecule has 3 atom stereocenters. The van der Waals surface area contributed by atoms with Crippen molar-refractivity contribution >= 4 is 5.91 Å². The van der Waals surface area contributed by atoms with Crippen molar-refractivity contribution in [1.29, 1.82) is 0 Å². The van der Waals surface area contributed by atoms with E-state index in [9.17, 15) is 9.18 Å². The van der Waals surface area contributed by atoms with Crippen LogP contribution in [0.4, 0.5) is 4.39 Å². The van der Waals surface area contributed by atoms with Crippen LogP contribution in [0.1, 0.15) is 29.8 Å². The first-order valence-corrected chi connectivity index (χ1v) is 7.48. The monoisotopic (exact) mass is 301 g/mol. The second-order valence-corrected chi connectivity index (χ2v) is 5.89. The molecule has 6 heteroatoms. The molecule has 2 bridgehead atoms. The Labute approximate surface area is 126 Å². The van der Waals surface area contributed by atoms with Crippen LogP contribution in [0.15, 0.2) is 34.9 Å². The van der Waals surface area contributed by atoms with Gasteiger partial charge in [0.1, 0.15) is 11.5 Å². The molecule has 1 amide bonds. The molecule has 22 heavy (non-hydrogen) atoms. The molecule has 2 aromatic rings. The fraction of sp³-hybridized carbons (Fsp3) is 0.375. The lowest BCUT2D eigenvalue weighted by Gasteiger charge is -2.20. The Bertz CT molecular complexity index is 715. The van der Waals surface area contributed by atoms with Gasteiger partial charge < -0.3 is 15.1 Å². The third kappa shape index (κ3) is 2.39. The zero-order valence-electron chi connectivity index (χ0n) is 11.9. The highest BCUT2D eigenvalue weighted by Gasteiger charge is 2.39. The number of rotatable bonds is 3. The molecule has 114 valence electrons. The zero-order valence-corrected chi connectivity index (χ0v) is 11.9. The van der Waals surface area contributed by atoms with Crippen LogP contribution in [0.2, 0.25) is 0 Å². The van der Waals surface area contributed by atoms with Gasteiger partial charge in [0.15, 0.2) is 11.5 Å². The van der Waals surface area contributed by atoms with Gasteiger partial charge in [-0.25, -0.2) is 4.39 Å². The molecular weight excluding hydrogens is 285 g/mol. The Hall–Kier alpha value is -2.21. The summed E-state index contributed by atoms with van der Waals surface area (Å²) in [6, 6.07) is 6.83. The molecule has 4 heterocycles. The van der Waals surface area contributed by atoms with E-state index in [1.807, 2.05) is 0 Å². The first-order valence-electron chi connectivity index (χ1n) is 7.48. The van der Waals surface area contributed by atoms with E-state index in [0.29, 0.717) is 23.5 Å². The van der Waals surface area contributed by atoms with Crippen LogP contribution in [0.25, 0.3) is 11.5 Å². The van der Waals surface area contributed by atoms with E-state index in [-0.39, 0.29) is 23.5 Å². The Morgan fingerprint density at radius 1 is 1.36 bits per heavy atom. The summed E-state index contributed by atoms with van der Waals surface area (Å²) in [4.78, 5) is 16.3. The highest BCUT2D eigenvalue weighted by molar-refractivity contribution is 5.92. The lowest BCUT2D eigenvalue weighted by molar-refractivity contribution is 0.0903. The molecule has 2 saturated heterocycles. The highest BCUT2D eigenvalue weighted by Crippen LogP contribution is 2.28. The smallest absolute Gasteiger partial charge is 0.287 e. The van der Waals surface area contributed by atoms with Gasteiger partial charge >= 0.3 is 0 Å². The van der Waals surface area contributed by atoms with Gasteiger partial charge in [-0.15, -0.1) is 0 Å². The van der Waals surface area contributed by atoms with Crippen LogP contribution in [0.3, 0.4) is 0 Å². The molecule has 4 rings (SSSR count). The van der Waals surface area contributed by atoms with E-state index in [1.54, 1.807) is 12.1 Å².